The van der Waals surface area contributed by atoms with Crippen LogP contribution in [0.1, 0.15) is 34.3 Å². The summed E-state index contributed by atoms with van der Waals surface area (Å²) in [4.78, 5) is 15.2. The Morgan fingerprint density at radius 3 is 2.64 bits per heavy atom. The number of rotatable bonds is 2. The van der Waals surface area contributed by atoms with Gasteiger partial charge in [0.2, 0.25) is 5.55 Å². The van der Waals surface area contributed by atoms with Gasteiger partial charge in [-0.15, -0.1) is 0 Å². The fraction of sp³-hybridized carbons (Fsp3) is 0.273. The van der Waals surface area contributed by atoms with Gasteiger partial charge >= 0.3 is 0 Å². The van der Waals surface area contributed by atoms with Crippen LogP contribution in [0.25, 0.3) is 11.0 Å². The SMILES string of the molecule is N=c1oc2c3c4c(cc2cc1C(=O)Nc1ccc(Cl)cc1)CCCN4CCC3. The van der Waals surface area contributed by atoms with Gasteiger partial charge in [-0.05, 0) is 67.6 Å². The van der Waals surface area contributed by atoms with Crippen LogP contribution in [0.15, 0.2) is 40.8 Å². The zero-order chi connectivity index (χ0) is 19.3. The van der Waals surface area contributed by atoms with Crippen LogP contribution in [0.3, 0.4) is 0 Å². The van der Waals surface area contributed by atoms with Crippen molar-refractivity contribution in [3.8, 4) is 0 Å². The first-order valence-corrected chi connectivity index (χ1v) is 9.97. The molecule has 0 fully saturated rings. The van der Waals surface area contributed by atoms with Crippen LogP contribution in [0.4, 0.5) is 11.4 Å². The van der Waals surface area contributed by atoms with Crippen molar-refractivity contribution in [3.05, 3.63) is 63.7 Å². The Morgan fingerprint density at radius 2 is 1.86 bits per heavy atom. The standard InChI is InChI=1S/C22H20ClN3O2/c23-15-5-7-16(8-6-15)25-22(27)18-12-14-11-13-3-1-9-26-10-2-4-17(19(13)26)20(14)28-21(18)24/h5-8,11-12,24H,1-4,9-10H2,(H,25,27). The Labute approximate surface area is 167 Å². The highest BCUT2D eigenvalue weighted by atomic mass is 35.5. The molecule has 0 atom stereocenters. The number of anilines is 2. The predicted octanol–water partition coefficient (Wildman–Crippen LogP) is 4.52. The van der Waals surface area contributed by atoms with E-state index >= 15 is 0 Å². The van der Waals surface area contributed by atoms with Gasteiger partial charge in [-0.1, -0.05) is 11.6 Å². The van der Waals surface area contributed by atoms with E-state index in [9.17, 15) is 4.79 Å². The number of carbonyl (C=O) groups is 1. The molecule has 0 saturated heterocycles. The third-order valence-electron chi connectivity index (χ3n) is 5.60. The third-order valence-corrected chi connectivity index (χ3v) is 5.85. The van der Waals surface area contributed by atoms with Crippen molar-refractivity contribution in [2.75, 3.05) is 23.3 Å². The first-order valence-electron chi connectivity index (χ1n) is 9.59. The van der Waals surface area contributed by atoms with Crippen LogP contribution in [-0.4, -0.2) is 19.0 Å². The van der Waals surface area contributed by atoms with Crippen molar-refractivity contribution in [2.45, 2.75) is 25.7 Å². The number of carbonyl (C=O) groups excluding carboxylic acids is 1. The lowest BCUT2D eigenvalue weighted by Crippen LogP contribution is -2.34. The van der Waals surface area contributed by atoms with Gasteiger partial charge in [0.1, 0.15) is 11.1 Å². The number of aryl methyl sites for hydroxylation is 2. The quantitative estimate of drug-likeness (QED) is 0.672. The molecule has 0 unspecified atom stereocenters. The first-order chi connectivity index (χ1) is 13.6. The second kappa shape index (κ2) is 6.67. The molecular formula is C22H20ClN3O2. The number of fused-ring (bicyclic) bond motifs is 2. The van der Waals surface area contributed by atoms with E-state index in [4.69, 9.17) is 21.4 Å². The van der Waals surface area contributed by atoms with E-state index in [0.717, 1.165) is 49.7 Å². The molecule has 0 bridgehead atoms. The Kier molecular flexibility index (Phi) is 4.13. The maximum atomic E-state index is 12.7. The second-order valence-electron chi connectivity index (χ2n) is 7.43. The molecule has 2 aromatic carbocycles. The largest absolute Gasteiger partial charge is 0.438 e. The molecule has 5 nitrogen and oxygen atoms in total. The molecule has 28 heavy (non-hydrogen) atoms. The number of nitrogens with one attached hydrogen (secondary N) is 2. The predicted molar refractivity (Wildman–Crippen MR) is 110 cm³/mol. The highest BCUT2D eigenvalue weighted by Gasteiger charge is 2.27. The fourth-order valence-electron chi connectivity index (χ4n) is 4.36. The molecule has 0 saturated carbocycles. The van der Waals surface area contributed by atoms with Crippen molar-refractivity contribution in [3.63, 3.8) is 0 Å². The summed E-state index contributed by atoms with van der Waals surface area (Å²) < 4.78 is 5.90. The maximum absolute atomic E-state index is 12.7. The molecule has 0 radical (unpaired) electrons. The Morgan fingerprint density at radius 1 is 1.11 bits per heavy atom. The van der Waals surface area contributed by atoms with Gasteiger partial charge < -0.3 is 14.6 Å². The monoisotopic (exact) mass is 393 g/mol. The second-order valence-corrected chi connectivity index (χ2v) is 7.86. The van der Waals surface area contributed by atoms with E-state index in [1.807, 2.05) is 0 Å². The lowest BCUT2D eigenvalue weighted by Gasteiger charge is -2.37. The summed E-state index contributed by atoms with van der Waals surface area (Å²) in [5.74, 6) is -0.356. The highest BCUT2D eigenvalue weighted by molar-refractivity contribution is 6.30. The number of nitrogens with zero attached hydrogens (tertiary/aromatic N) is 1. The van der Waals surface area contributed by atoms with Crippen molar-refractivity contribution >= 4 is 39.9 Å². The van der Waals surface area contributed by atoms with Gasteiger partial charge in [-0.3, -0.25) is 10.2 Å². The molecular weight excluding hydrogens is 374 g/mol. The minimum absolute atomic E-state index is 0.108. The van der Waals surface area contributed by atoms with Gasteiger partial charge in [0.15, 0.2) is 0 Å². The molecule has 6 heteroatoms. The van der Waals surface area contributed by atoms with E-state index in [1.54, 1.807) is 30.3 Å². The first kappa shape index (κ1) is 17.3. The van der Waals surface area contributed by atoms with Crippen LogP contribution in [0, 0.1) is 5.41 Å². The van der Waals surface area contributed by atoms with Gasteiger partial charge in [0.25, 0.3) is 5.91 Å². The Bertz CT molecular complexity index is 1150. The minimum atomic E-state index is -0.356. The van der Waals surface area contributed by atoms with E-state index in [-0.39, 0.29) is 17.0 Å². The zero-order valence-corrected chi connectivity index (χ0v) is 16.1. The van der Waals surface area contributed by atoms with Crippen LogP contribution in [0.5, 0.6) is 0 Å². The zero-order valence-electron chi connectivity index (χ0n) is 15.3. The van der Waals surface area contributed by atoms with E-state index < -0.39 is 0 Å². The molecule has 0 spiro atoms. The third kappa shape index (κ3) is 2.87. The molecule has 3 heterocycles. The number of hydrogen-bond donors (Lipinski definition) is 2. The summed E-state index contributed by atoms with van der Waals surface area (Å²) >= 11 is 5.90. The molecule has 1 amide bonds. The van der Waals surface area contributed by atoms with Crippen molar-refractivity contribution in [1.82, 2.24) is 0 Å². The van der Waals surface area contributed by atoms with Crippen molar-refractivity contribution in [1.29, 1.82) is 5.41 Å². The summed E-state index contributed by atoms with van der Waals surface area (Å²) in [6.07, 6.45) is 4.24. The summed E-state index contributed by atoms with van der Waals surface area (Å²) in [6.45, 7) is 2.17. The average molecular weight is 394 g/mol. The van der Waals surface area contributed by atoms with Crippen molar-refractivity contribution in [2.24, 2.45) is 0 Å². The molecule has 2 aliphatic heterocycles. The smallest absolute Gasteiger partial charge is 0.261 e. The summed E-state index contributed by atoms with van der Waals surface area (Å²) in [5, 5.41) is 12.6. The normalized spacial score (nSPS) is 15.4. The summed E-state index contributed by atoms with van der Waals surface area (Å²) in [6, 6.07) is 10.8. The minimum Gasteiger partial charge on any atom is -0.438 e. The van der Waals surface area contributed by atoms with Crippen LogP contribution in [0.2, 0.25) is 5.02 Å². The fourth-order valence-corrected chi connectivity index (χ4v) is 4.49. The summed E-state index contributed by atoms with van der Waals surface area (Å²) in [5.41, 5.74) is 5.32. The van der Waals surface area contributed by atoms with E-state index in [1.165, 1.54) is 16.8 Å². The van der Waals surface area contributed by atoms with Gasteiger partial charge in [-0.2, -0.15) is 0 Å². The van der Waals surface area contributed by atoms with Gasteiger partial charge in [-0.25, -0.2) is 0 Å². The lowest BCUT2D eigenvalue weighted by atomic mass is 9.90. The molecule has 0 aliphatic carbocycles. The molecule has 1 aromatic heterocycles. The number of hydrogen-bond acceptors (Lipinski definition) is 4. The van der Waals surface area contributed by atoms with E-state index in [0.29, 0.717) is 10.7 Å². The summed E-state index contributed by atoms with van der Waals surface area (Å²) in [7, 11) is 0. The maximum Gasteiger partial charge on any atom is 0.261 e. The van der Waals surface area contributed by atoms with E-state index in [2.05, 4.69) is 16.3 Å². The molecule has 2 aliphatic rings. The Hall–Kier alpha value is -2.79. The number of halogens is 1. The van der Waals surface area contributed by atoms with Crippen molar-refractivity contribution < 1.29 is 9.21 Å². The topological polar surface area (TPSA) is 69.3 Å². The molecule has 2 N–H and O–H groups in total. The van der Waals surface area contributed by atoms with Crippen LogP contribution < -0.4 is 15.8 Å². The number of amides is 1. The lowest BCUT2D eigenvalue weighted by molar-refractivity contribution is 0.102. The molecule has 5 rings (SSSR count). The van der Waals surface area contributed by atoms with Crippen LogP contribution >= 0.6 is 11.6 Å². The number of benzene rings is 2. The van der Waals surface area contributed by atoms with Gasteiger partial charge in [0.05, 0.1) is 0 Å². The average Bonchev–Trinajstić information content (AvgIpc) is 2.70. The highest BCUT2D eigenvalue weighted by Crippen LogP contribution is 2.39. The van der Waals surface area contributed by atoms with Crippen LogP contribution in [-0.2, 0) is 12.8 Å². The molecule has 3 aromatic rings. The van der Waals surface area contributed by atoms with Gasteiger partial charge in [0, 0.05) is 40.4 Å². The molecule has 142 valence electrons. The Balaban J connectivity index is 1.59.